The number of fused-ring (bicyclic) bond motifs is 1. The zero-order valence-corrected chi connectivity index (χ0v) is 11.2. The summed E-state index contributed by atoms with van der Waals surface area (Å²) in [5.74, 6) is 0.524. The first-order valence-corrected chi connectivity index (χ1v) is 6.71. The van der Waals surface area contributed by atoms with Gasteiger partial charge in [0.25, 0.3) is 0 Å². The number of pyridine rings is 1. The van der Waals surface area contributed by atoms with Crippen molar-refractivity contribution in [2.45, 2.75) is 18.9 Å². The molecule has 0 radical (unpaired) electrons. The number of halogens is 1. The number of nitrogen functional groups attached to an aromatic ring is 1. The molecule has 3 nitrogen and oxygen atoms in total. The predicted octanol–water partition coefficient (Wildman–Crippen LogP) is 3.17. The van der Waals surface area contributed by atoms with Gasteiger partial charge in [0.05, 0.1) is 17.7 Å². The fraction of sp³-hybridized carbons (Fsp3) is 0.267. The average Bonchev–Trinajstić information content (AvgIpc) is 2.43. The van der Waals surface area contributed by atoms with Crippen LogP contribution in [0.3, 0.4) is 0 Å². The van der Waals surface area contributed by atoms with E-state index in [0.29, 0.717) is 17.3 Å². The minimum atomic E-state index is 0.0347. The lowest BCUT2D eigenvalue weighted by Crippen LogP contribution is -2.18. The molecule has 1 aliphatic heterocycles. The highest BCUT2D eigenvalue weighted by Crippen LogP contribution is 2.31. The van der Waals surface area contributed by atoms with Crippen LogP contribution < -0.4 is 5.73 Å². The molecule has 0 spiro atoms. The van der Waals surface area contributed by atoms with Crippen molar-refractivity contribution in [1.29, 1.82) is 0 Å². The van der Waals surface area contributed by atoms with Gasteiger partial charge >= 0.3 is 0 Å². The van der Waals surface area contributed by atoms with E-state index in [4.69, 9.17) is 22.1 Å². The van der Waals surface area contributed by atoms with Crippen LogP contribution in [-0.4, -0.2) is 11.6 Å². The largest absolute Gasteiger partial charge is 0.383 e. The van der Waals surface area contributed by atoms with E-state index in [-0.39, 0.29) is 6.10 Å². The van der Waals surface area contributed by atoms with Crippen molar-refractivity contribution < 1.29 is 4.74 Å². The van der Waals surface area contributed by atoms with Gasteiger partial charge in [0.2, 0.25) is 0 Å². The summed E-state index contributed by atoms with van der Waals surface area (Å²) >= 11 is 5.98. The van der Waals surface area contributed by atoms with Crippen LogP contribution in [0.25, 0.3) is 0 Å². The number of anilines is 1. The van der Waals surface area contributed by atoms with Crippen LogP contribution in [0.4, 0.5) is 5.82 Å². The number of nitrogens with two attached hydrogens (primary N) is 1. The Morgan fingerprint density at radius 2 is 2.21 bits per heavy atom. The van der Waals surface area contributed by atoms with Gasteiger partial charge in [-0.2, -0.15) is 0 Å². The van der Waals surface area contributed by atoms with Crippen molar-refractivity contribution in [2.24, 2.45) is 0 Å². The molecule has 1 atom stereocenters. The Kier molecular flexibility index (Phi) is 3.40. The summed E-state index contributed by atoms with van der Waals surface area (Å²) < 4.78 is 5.88. The zero-order chi connectivity index (χ0) is 13.2. The first-order valence-electron chi connectivity index (χ1n) is 6.33. The van der Waals surface area contributed by atoms with E-state index in [9.17, 15) is 0 Å². The normalized spacial score (nSPS) is 18.1. The summed E-state index contributed by atoms with van der Waals surface area (Å²) in [6, 6.07) is 10.2. The maximum absolute atomic E-state index is 5.98. The van der Waals surface area contributed by atoms with E-state index in [1.807, 2.05) is 12.1 Å². The third kappa shape index (κ3) is 2.57. The van der Waals surface area contributed by atoms with E-state index in [0.717, 1.165) is 18.6 Å². The van der Waals surface area contributed by atoms with Crippen LogP contribution in [-0.2, 0) is 17.6 Å². The Labute approximate surface area is 117 Å². The SMILES string of the molecule is Nc1ncc(Cl)cc1CC1OCCc2ccccc21. The molecule has 1 unspecified atom stereocenters. The lowest BCUT2D eigenvalue weighted by molar-refractivity contribution is 0.0428. The number of aromatic nitrogens is 1. The van der Waals surface area contributed by atoms with Crippen molar-refractivity contribution in [2.75, 3.05) is 12.3 Å². The van der Waals surface area contributed by atoms with Gasteiger partial charge in [-0.15, -0.1) is 0 Å². The maximum atomic E-state index is 5.98. The highest BCUT2D eigenvalue weighted by atomic mass is 35.5. The Balaban J connectivity index is 1.90. The number of rotatable bonds is 2. The Bertz CT molecular complexity index is 600. The minimum absolute atomic E-state index is 0.0347. The summed E-state index contributed by atoms with van der Waals surface area (Å²) in [7, 11) is 0. The summed E-state index contributed by atoms with van der Waals surface area (Å²) in [5, 5.41) is 0.605. The monoisotopic (exact) mass is 274 g/mol. The van der Waals surface area contributed by atoms with Crippen LogP contribution in [0.5, 0.6) is 0 Å². The highest BCUT2D eigenvalue weighted by Gasteiger charge is 2.21. The topological polar surface area (TPSA) is 48.1 Å². The van der Waals surface area contributed by atoms with Gasteiger partial charge in [-0.05, 0) is 29.2 Å². The number of hydrogen-bond acceptors (Lipinski definition) is 3. The van der Waals surface area contributed by atoms with Crippen LogP contribution >= 0.6 is 11.6 Å². The van der Waals surface area contributed by atoms with Gasteiger partial charge in [0, 0.05) is 12.6 Å². The molecule has 2 aromatic rings. The van der Waals surface area contributed by atoms with Crippen molar-refractivity contribution >= 4 is 17.4 Å². The number of ether oxygens (including phenoxy) is 1. The molecule has 2 N–H and O–H groups in total. The zero-order valence-electron chi connectivity index (χ0n) is 10.5. The predicted molar refractivity (Wildman–Crippen MR) is 76.2 cm³/mol. The molecule has 3 rings (SSSR count). The van der Waals surface area contributed by atoms with E-state index in [1.54, 1.807) is 6.20 Å². The molecular weight excluding hydrogens is 260 g/mol. The third-order valence-electron chi connectivity index (χ3n) is 3.47. The Hall–Kier alpha value is -1.58. The number of benzene rings is 1. The van der Waals surface area contributed by atoms with Crippen molar-refractivity contribution in [3.05, 3.63) is 58.2 Å². The fourth-order valence-electron chi connectivity index (χ4n) is 2.50. The first kappa shape index (κ1) is 12.5. The molecule has 2 heterocycles. The van der Waals surface area contributed by atoms with E-state index >= 15 is 0 Å². The van der Waals surface area contributed by atoms with Crippen LogP contribution in [0, 0.1) is 0 Å². The lowest BCUT2D eigenvalue weighted by Gasteiger charge is -2.26. The summed E-state index contributed by atoms with van der Waals surface area (Å²) in [5.41, 5.74) is 9.44. The van der Waals surface area contributed by atoms with Gasteiger partial charge < -0.3 is 10.5 Å². The average molecular weight is 275 g/mol. The Morgan fingerprint density at radius 1 is 1.37 bits per heavy atom. The van der Waals surface area contributed by atoms with Gasteiger partial charge in [0.15, 0.2) is 0 Å². The van der Waals surface area contributed by atoms with E-state index < -0.39 is 0 Å². The molecule has 4 heteroatoms. The van der Waals surface area contributed by atoms with Gasteiger partial charge in [0.1, 0.15) is 5.82 Å². The Morgan fingerprint density at radius 3 is 3.11 bits per heavy atom. The van der Waals surface area contributed by atoms with Crippen LogP contribution in [0.15, 0.2) is 36.5 Å². The van der Waals surface area contributed by atoms with Crippen molar-refractivity contribution in [1.82, 2.24) is 4.98 Å². The molecule has 1 aromatic carbocycles. The number of nitrogens with zero attached hydrogens (tertiary/aromatic N) is 1. The molecule has 1 aromatic heterocycles. The van der Waals surface area contributed by atoms with Gasteiger partial charge in [-0.1, -0.05) is 35.9 Å². The van der Waals surface area contributed by atoms with Gasteiger partial charge in [-0.3, -0.25) is 0 Å². The molecule has 0 fully saturated rings. The molecule has 0 aliphatic carbocycles. The molecule has 0 saturated carbocycles. The molecule has 1 aliphatic rings. The summed E-state index contributed by atoms with van der Waals surface area (Å²) in [6.45, 7) is 0.746. The smallest absolute Gasteiger partial charge is 0.126 e. The molecule has 98 valence electrons. The quantitative estimate of drug-likeness (QED) is 0.915. The fourth-order valence-corrected chi connectivity index (χ4v) is 2.68. The molecule has 0 saturated heterocycles. The first-order chi connectivity index (χ1) is 9.24. The van der Waals surface area contributed by atoms with E-state index in [1.165, 1.54) is 11.1 Å². The second-order valence-corrected chi connectivity index (χ2v) is 5.15. The van der Waals surface area contributed by atoms with E-state index in [2.05, 4.69) is 23.2 Å². The minimum Gasteiger partial charge on any atom is -0.383 e. The lowest BCUT2D eigenvalue weighted by atomic mass is 9.94. The molecule has 0 bridgehead atoms. The maximum Gasteiger partial charge on any atom is 0.126 e. The second kappa shape index (κ2) is 5.19. The molecule has 0 amide bonds. The van der Waals surface area contributed by atoms with Crippen molar-refractivity contribution in [3.63, 3.8) is 0 Å². The third-order valence-corrected chi connectivity index (χ3v) is 3.67. The van der Waals surface area contributed by atoms with Crippen LogP contribution in [0.1, 0.15) is 22.8 Å². The second-order valence-electron chi connectivity index (χ2n) is 4.71. The molecular formula is C15H15ClN2O. The van der Waals surface area contributed by atoms with Crippen molar-refractivity contribution in [3.8, 4) is 0 Å². The highest BCUT2D eigenvalue weighted by molar-refractivity contribution is 6.30. The van der Waals surface area contributed by atoms with Crippen LogP contribution in [0.2, 0.25) is 5.02 Å². The van der Waals surface area contributed by atoms with Gasteiger partial charge in [-0.25, -0.2) is 4.98 Å². The molecule has 19 heavy (non-hydrogen) atoms. The summed E-state index contributed by atoms with van der Waals surface area (Å²) in [6.07, 6.45) is 3.27. The number of hydrogen-bond donors (Lipinski definition) is 1. The standard InChI is InChI=1S/C15H15ClN2O/c16-12-7-11(15(17)18-9-12)8-14-13-4-2-1-3-10(13)5-6-19-14/h1-4,7,9,14H,5-6,8H2,(H2,17,18). The summed E-state index contributed by atoms with van der Waals surface area (Å²) in [4.78, 5) is 4.09.